The summed E-state index contributed by atoms with van der Waals surface area (Å²) >= 11 is -1.74. The van der Waals surface area contributed by atoms with E-state index < -0.39 is 21.4 Å². The van der Waals surface area contributed by atoms with E-state index in [9.17, 15) is 0 Å². The zero-order valence-corrected chi connectivity index (χ0v) is 17.6. The van der Waals surface area contributed by atoms with Gasteiger partial charge in [0.05, 0.1) is 0 Å². The Morgan fingerprint density at radius 3 is 0.957 bits per heavy atom. The van der Waals surface area contributed by atoms with Gasteiger partial charge in [0.25, 0.3) is 0 Å². The van der Waals surface area contributed by atoms with Gasteiger partial charge < -0.3 is 0 Å². The van der Waals surface area contributed by atoms with Crippen LogP contribution in [0.3, 0.4) is 0 Å². The summed E-state index contributed by atoms with van der Waals surface area (Å²) in [4.78, 5) is 0. The number of hydrogen-bond donors (Lipinski definition) is 0. The third-order valence-electron chi connectivity index (χ3n) is 3.89. The van der Waals surface area contributed by atoms with Crippen LogP contribution < -0.4 is 0 Å². The Labute approximate surface area is 153 Å². The first-order valence-corrected chi connectivity index (χ1v) is 15.5. The molecule has 3 aromatic rings. The number of hydrogen-bond acceptors (Lipinski definition) is 0. The number of rotatable bonds is 6. The molecule has 0 aliphatic carbocycles. The van der Waals surface area contributed by atoms with E-state index in [1.165, 1.54) is 29.2 Å². The molecule has 0 aliphatic rings. The van der Waals surface area contributed by atoms with Gasteiger partial charge in [0, 0.05) is 0 Å². The zero-order valence-electron chi connectivity index (χ0n) is 13.2. The first-order valence-electron chi connectivity index (χ1n) is 7.85. The average Bonchev–Trinajstić information content (AvgIpc) is 2.57. The van der Waals surface area contributed by atoms with Crippen LogP contribution in [0.1, 0.15) is 16.7 Å². The second kappa shape index (κ2) is 9.85. The van der Waals surface area contributed by atoms with Gasteiger partial charge in [-0.25, -0.2) is 0 Å². The molecule has 0 aliphatic heterocycles. The molecule has 0 amide bonds. The van der Waals surface area contributed by atoms with Crippen molar-refractivity contribution in [3.05, 3.63) is 108 Å². The molecule has 2 heteroatoms. The van der Waals surface area contributed by atoms with Gasteiger partial charge in [0.2, 0.25) is 0 Å². The number of benzene rings is 3. The van der Waals surface area contributed by atoms with Crippen molar-refractivity contribution in [2.45, 2.75) is 12.5 Å². The van der Waals surface area contributed by atoms with Crippen LogP contribution in [-0.2, 0) is 34.0 Å². The third-order valence-corrected chi connectivity index (χ3v) is 13.7. The molecule has 0 aromatic heterocycles. The quantitative estimate of drug-likeness (QED) is 0.395. The summed E-state index contributed by atoms with van der Waals surface area (Å²) in [6.07, 6.45) is 0. The summed E-state index contributed by atoms with van der Waals surface area (Å²) < 4.78 is 4.03. The summed E-state index contributed by atoms with van der Waals surface area (Å²) in [6, 6.07) is 33.1. The molecule has 3 rings (SSSR count). The van der Waals surface area contributed by atoms with Crippen molar-refractivity contribution >= 4 is 12.4 Å². The van der Waals surface area contributed by atoms with Gasteiger partial charge >= 0.3 is 142 Å². The minimum absolute atomic E-state index is 0. The Morgan fingerprint density at radius 1 is 0.435 bits per heavy atom. The molecular weight excluding hydrogens is 466 g/mol. The van der Waals surface area contributed by atoms with Crippen LogP contribution in [0.15, 0.2) is 91.0 Å². The first-order chi connectivity index (χ1) is 10.9. The standard InChI is InChI=1S/3C7H7.ClH.Hf/c3*1-7-5-3-2-4-6-7;;/h3*2-6H,1H2;1H;. The SMILES string of the molecule is Cl.c1ccc([CH2][Hf]([CH2]c2ccccc2)[CH2]c2ccccc2)cc1. The first kappa shape index (κ1) is 18.2. The van der Waals surface area contributed by atoms with Crippen molar-refractivity contribution in [1.82, 2.24) is 0 Å². The van der Waals surface area contributed by atoms with Crippen LogP contribution in [-0.4, -0.2) is 0 Å². The van der Waals surface area contributed by atoms with Crippen molar-refractivity contribution in [2.24, 2.45) is 0 Å². The molecule has 0 heterocycles. The summed E-state index contributed by atoms with van der Waals surface area (Å²) in [5.41, 5.74) is 4.57. The molecule has 23 heavy (non-hydrogen) atoms. The fraction of sp³-hybridized carbons (Fsp3) is 0.143. The molecule has 0 fully saturated rings. The Balaban J connectivity index is 0.00000192. The van der Waals surface area contributed by atoms with Crippen LogP contribution >= 0.6 is 12.4 Å². The molecule has 0 unspecified atom stereocenters. The van der Waals surface area contributed by atoms with Gasteiger partial charge in [0.15, 0.2) is 0 Å². The van der Waals surface area contributed by atoms with Crippen molar-refractivity contribution in [3.8, 4) is 0 Å². The van der Waals surface area contributed by atoms with Crippen LogP contribution in [0, 0.1) is 0 Å². The molecule has 117 valence electrons. The van der Waals surface area contributed by atoms with E-state index >= 15 is 0 Å². The Kier molecular flexibility index (Phi) is 7.78. The minimum atomic E-state index is -1.74. The molecule has 0 nitrogen and oxygen atoms in total. The van der Waals surface area contributed by atoms with E-state index in [1.54, 1.807) is 0 Å². The summed E-state index contributed by atoms with van der Waals surface area (Å²) in [5.74, 6) is 0. The second-order valence-corrected chi connectivity index (χ2v) is 14.9. The van der Waals surface area contributed by atoms with Gasteiger partial charge in [-0.3, -0.25) is 0 Å². The zero-order chi connectivity index (χ0) is 15.0. The fourth-order valence-corrected chi connectivity index (χ4v) is 13.0. The summed E-state index contributed by atoms with van der Waals surface area (Å²) in [7, 11) is 0. The predicted molar refractivity (Wildman–Crippen MR) is 97.7 cm³/mol. The van der Waals surface area contributed by atoms with E-state index in [0.717, 1.165) is 0 Å². The Bertz CT molecular complexity index is 569. The maximum absolute atomic E-state index is 2.29. The normalized spacial score (nSPS) is 9.91. The third kappa shape index (κ3) is 6.08. The van der Waals surface area contributed by atoms with Crippen LogP contribution in [0.5, 0.6) is 0 Å². The molecule has 0 bridgehead atoms. The van der Waals surface area contributed by atoms with Crippen molar-refractivity contribution in [3.63, 3.8) is 0 Å². The van der Waals surface area contributed by atoms with Crippen molar-refractivity contribution in [2.75, 3.05) is 0 Å². The maximum atomic E-state index is 2.29. The monoisotopic (exact) mass is 489 g/mol. The number of halogens is 1. The summed E-state index contributed by atoms with van der Waals surface area (Å²) in [5, 5.41) is 0. The Hall–Kier alpha value is -1.18. The van der Waals surface area contributed by atoms with Gasteiger partial charge in [-0.05, 0) is 0 Å². The molecule has 0 radical (unpaired) electrons. The van der Waals surface area contributed by atoms with Crippen LogP contribution in [0.4, 0.5) is 0 Å². The Morgan fingerprint density at radius 2 is 0.696 bits per heavy atom. The van der Waals surface area contributed by atoms with Crippen LogP contribution in [0.2, 0.25) is 0 Å². The van der Waals surface area contributed by atoms with Gasteiger partial charge in [-0.15, -0.1) is 12.4 Å². The fourth-order valence-electron chi connectivity index (χ4n) is 2.84. The van der Waals surface area contributed by atoms with E-state index in [0.29, 0.717) is 0 Å². The van der Waals surface area contributed by atoms with E-state index in [2.05, 4.69) is 91.0 Å². The van der Waals surface area contributed by atoms with E-state index in [4.69, 9.17) is 0 Å². The van der Waals surface area contributed by atoms with Gasteiger partial charge in [-0.1, -0.05) is 0 Å². The molecule has 0 spiro atoms. The van der Waals surface area contributed by atoms with E-state index in [1.807, 2.05) is 0 Å². The molecule has 0 saturated carbocycles. The molecule has 0 N–H and O–H groups in total. The van der Waals surface area contributed by atoms with Crippen LogP contribution in [0.25, 0.3) is 0 Å². The van der Waals surface area contributed by atoms with Gasteiger partial charge in [-0.2, -0.15) is 0 Å². The van der Waals surface area contributed by atoms with Crippen molar-refractivity contribution in [1.29, 1.82) is 0 Å². The van der Waals surface area contributed by atoms with Gasteiger partial charge in [0.1, 0.15) is 0 Å². The molecule has 3 aromatic carbocycles. The predicted octanol–water partition coefficient (Wildman–Crippen LogP) is 5.63. The van der Waals surface area contributed by atoms with Crippen molar-refractivity contribution < 1.29 is 21.4 Å². The summed E-state index contributed by atoms with van der Waals surface area (Å²) in [6.45, 7) is 0. The molecule has 0 atom stereocenters. The topological polar surface area (TPSA) is 0 Å². The molecular formula is C21H22ClHf. The van der Waals surface area contributed by atoms with E-state index in [-0.39, 0.29) is 12.4 Å². The average molecular weight is 488 g/mol. The second-order valence-electron chi connectivity index (χ2n) is 5.74. The molecule has 0 saturated heterocycles.